The topological polar surface area (TPSA) is 47.6 Å². The van der Waals surface area contributed by atoms with E-state index in [4.69, 9.17) is 21.1 Å². The molecule has 5 rings (SSSR count). The van der Waals surface area contributed by atoms with E-state index in [0.717, 1.165) is 40.7 Å². The summed E-state index contributed by atoms with van der Waals surface area (Å²) in [6, 6.07) is 11.3. The molecule has 28 heavy (non-hydrogen) atoms. The van der Waals surface area contributed by atoms with Crippen LogP contribution in [0.2, 0.25) is 5.02 Å². The lowest BCUT2D eigenvalue weighted by atomic mass is 9.97. The van der Waals surface area contributed by atoms with Crippen molar-refractivity contribution >= 4 is 34.8 Å². The number of ether oxygens (including phenoxy) is 2. The second-order valence-corrected chi connectivity index (χ2v) is 8.38. The number of hydrogen-bond donors (Lipinski definition) is 1. The zero-order chi connectivity index (χ0) is 19.3. The summed E-state index contributed by atoms with van der Waals surface area (Å²) in [6.07, 6.45) is 7.19. The fraction of sp³-hybridized carbons (Fsp3) is 0.348. The summed E-state index contributed by atoms with van der Waals surface area (Å²) in [5.74, 6) is 2.84. The predicted octanol–water partition coefficient (Wildman–Crippen LogP) is 5.41. The highest BCUT2D eigenvalue weighted by atomic mass is 35.5. The van der Waals surface area contributed by atoms with Crippen molar-refractivity contribution in [1.29, 1.82) is 0 Å². The van der Waals surface area contributed by atoms with Crippen molar-refractivity contribution in [3.8, 4) is 11.5 Å². The number of rotatable bonds is 4. The lowest BCUT2D eigenvalue weighted by molar-refractivity contribution is -0.110. The van der Waals surface area contributed by atoms with Crippen LogP contribution in [-0.2, 0) is 4.79 Å². The zero-order valence-corrected chi connectivity index (χ0v) is 16.5. The van der Waals surface area contributed by atoms with Gasteiger partial charge in [-0.25, -0.2) is 0 Å². The third-order valence-corrected chi connectivity index (χ3v) is 6.45. The standard InChI is InChI=1S/C23H22ClNO3/c1-27-20-7-3-14(11-22(20)28-21-10-13-2-4-15(21)8-13)9-18-17-6-5-16(24)12-19(17)25-23(18)26/h3,5-7,9,11-13,15,21H,2,4,8,10H2,1H3,(H,25,26)/b18-9+/t13-,15+,21+/m1/s1. The minimum Gasteiger partial charge on any atom is -0.493 e. The molecule has 1 aliphatic heterocycles. The van der Waals surface area contributed by atoms with Crippen molar-refractivity contribution in [3.63, 3.8) is 0 Å². The van der Waals surface area contributed by atoms with Gasteiger partial charge in [0.2, 0.25) is 0 Å². The van der Waals surface area contributed by atoms with Crippen LogP contribution in [0.25, 0.3) is 11.6 Å². The number of hydrogen-bond acceptors (Lipinski definition) is 3. The highest BCUT2D eigenvalue weighted by Crippen LogP contribution is 2.47. The number of fused-ring (bicyclic) bond motifs is 3. The van der Waals surface area contributed by atoms with Gasteiger partial charge in [0, 0.05) is 16.2 Å². The summed E-state index contributed by atoms with van der Waals surface area (Å²) in [5, 5.41) is 3.48. The maximum atomic E-state index is 12.4. The van der Waals surface area contributed by atoms with Crippen LogP contribution < -0.4 is 14.8 Å². The molecule has 4 nitrogen and oxygen atoms in total. The number of nitrogens with one attached hydrogen (secondary N) is 1. The maximum absolute atomic E-state index is 12.4. The summed E-state index contributed by atoms with van der Waals surface area (Å²) in [6.45, 7) is 0. The molecule has 1 amide bonds. The number of carbonyl (C=O) groups excluding carboxylic acids is 1. The molecule has 2 saturated carbocycles. The van der Waals surface area contributed by atoms with Gasteiger partial charge < -0.3 is 14.8 Å². The molecule has 2 aromatic rings. The highest BCUT2D eigenvalue weighted by molar-refractivity contribution is 6.36. The van der Waals surface area contributed by atoms with Gasteiger partial charge in [0.1, 0.15) is 6.10 Å². The highest BCUT2D eigenvalue weighted by Gasteiger charge is 2.41. The largest absolute Gasteiger partial charge is 0.493 e. The van der Waals surface area contributed by atoms with Crippen molar-refractivity contribution in [2.24, 2.45) is 11.8 Å². The number of anilines is 1. The summed E-state index contributed by atoms with van der Waals surface area (Å²) in [4.78, 5) is 12.4. The summed E-state index contributed by atoms with van der Waals surface area (Å²) in [5.41, 5.74) is 3.14. The first-order valence-electron chi connectivity index (χ1n) is 9.78. The molecule has 0 spiro atoms. The molecule has 2 fully saturated rings. The van der Waals surface area contributed by atoms with E-state index < -0.39 is 0 Å². The first kappa shape index (κ1) is 17.6. The molecule has 2 bridgehead atoms. The van der Waals surface area contributed by atoms with Crippen LogP contribution in [0.5, 0.6) is 11.5 Å². The van der Waals surface area contributed by atoms with Crippen LogP contribution in [-0.4, -0.2) is 19.1 Å². The second-order valence-electron chi connectivity index (χ2n) is 7.94. The number of benzene rings is 2. The average Bonchev–Trinajstić information content (AvgIpc) is 3.37. The Balaban J connectivity index is 1.46. The first-order chi connectivity index (χ1) is 13.6. The number of carbonyl (C=O) groups is 1. The van der Waals surface area contributed by atoms with Crippen LogP contribution in [0, 0.1) is 11.8 Å². The van der Waals surface area contributed by atoms with Crippen molar-refractivity contribution < 1.29 is 14.3 Å². The molecule has 3 aliphatic rings. The molecular formula is C23H22ClNO3. The third kappa shape index (κ3) is 3.06. The van der Waals surface area contributed by atoms with E-state index in [1.54, 1.807) is 19.2 Å². The third-order valence-electron chi connectivity index (χ3n) is 6.21. The Morgan fingerprint density at radius 3 is 2.75 bits per heavy atom. The second kappa shape index (κ2) is 6.85. The molecule has 0 unspecified atom stereocenters. The minimum atomic E-state index is -0.122. The molecule has 3 atom stereocenters. The van der Waals surface area contributed by atoms with Gasteiger partial charge in [0.15, 0.2) is 11.5 Å². The fourth-order valence-electron chi connectivity index (χ4n) is 4.85. The first-order valence-corrected chi connectivity index (χ1v) is 10.2. The van der Waals surface area contributed by atoms with Gasteiger partial charge in [-0.2, -0.15) is 0 Å². The van der Waals surface area contributed by atoms with E-state index in [1.807, 2.05) is 30.3 Å². The van der Waals surface area contributed by atoms with Gasteiger partial charge >= 0.3 is 0 Å². The van der Waals surface area contributed by atoms with E-state index in [1.165, 1.54) is 19.3 Å². The van der Waals surface area contributed by atoms with Gasteiger partial charge in [0.25, 0.3) is 5.91 Å². The summed E-state index contributed by atoms with van der Waals surface area (Å²) in [7, 11) is 1.66. The van der Waals surface area contributed by atoms with E-state index in [2.05, 4.69) is 5.32 Å². The van der Waals surface area contributed by atoms with Gasteiger partial charge in [-0.1, -0.05) is 23.7 Å². The van der Waals surface area contributed by atoms with E-state index in [9.17, 15) is 4.79 Å². The van der Waals surface area contributed by atoms with Crippen molar-refractivity contribution in [2.45, 2.75) is 31.8 Å². The molecule has 0 saturated heterocycles. The van der Waals surface area contributed by atoms with Crippen LogP contribution in [0.15, 0.2) is 36.4 Å². The van der Waals surface area contributed by atoms with Gasteiger partial charge in [-0.15, -0.1) is 0 Å². The SMILES string of the molecule is COc1ccc(/C=C2/C(=O)Nc3cc(Cl)ccc32)cc1O[C@H]1C[C@@H]2CC[C@H]1C2. The Morgan fingerprint density at radius 2 is 2.00 bits per heavy atom. The average molecular weight is 396 g/mol. The van der Waals surface area contributed by atoms with E-state index >= 15 is 0 Å². The Hall–Kier alpha value is -2.46. The summed E-state index contributed by atoms with van der Waals surface area (Å²) < 4.78 is 11.9. The number of methoxy groups -OCH3 is 1. The number of halogens is 1. The van der Waals surface area contributed by atoms with Crippen molar-refractivity contribution in [2.75, 3.05) is 12.4 Å². The van der Waals surface area contributed by atoms with Crippen molar-refractivity contribution in [3.05, 3.63) is 52.5 Å². The molecule has 1 N–H and O–H groups in total. The lowest BCUT2D eigenvalue weighted by Gasteiger charge is -2.24. The molecule has 2 aromatic carbocycles. The Labute approximate surface area is 169 Å². The Kier molecular flexibility index (Phi) is 4.31. The Bertz CT molecular complexity index is 984. The quantitative estimate of drug-likeness (QED) is 0.704. The molecular weight excluding hydrogens is 374 g/mol. The van der Waals surface area contributed by atoms with E-state index in [-0.39, 0.29) is 12.0 Å². The minimum absolute atomic E-state index is 0.122. The van der Waals surface area contributed by atoms with Crippen LogP contribution in [0.4, 0.5) is 5.69 Å². The monoisotopic (exact) mass is 395 g/mol. The molecule has 144 valence electrons. The van der Waals surface area contributed by atoms with Crippen molar-refractivity contribution in [1.82, 2.24) is 0 Å². The van der Waals surface area contributed by atoms with Gasteiger partial charge in [-0.05, 0) is 73.4 Å². The van der Waals surface area contributed by atoms with Crippen LogP contribution in [0.3, 0.4) is 0 Å². The molecule has 1 heterocycles. The fourth-order valence-corrected chi connectivity index (χ4v) is 5.02. The van der Waals surface area contributed by atoms with Crippen LogP contribution in [0.1, 0.15) is 36.8 Å². The summed E-state index contributed by atoms with van der Waals surface area (Å²) >= 11 is 6.04. The maximum Gasteiger partial charge on any atom is 0.256 e. The molecule has 0 radical (unpaired) electrons. The molecule has 2 aliphatic carbocycles. The predicted molar refractivity (Wildman–Crippen MR) is 111 cm³/mol. The van der Waals surface area contributed by atoms with Gasteiger partial charge in [-0.3, -0.25) is 4.79 Å². The molecule has 5 heteroatoms. The Morgan fingerprint density at radius 1 is 1.11 bits per heavy atom. The zero-order valence-electron chi connectivity index (χ0n) is 15.7. The van der Waals surface area contributed by atoms with Crippen LogP contribution >= 0.6 is 11.6 Å². The lowest BCUT2D eigenvalue weighted by Crippen LogP contribution is -2.23. The smallest absolute Gasteiger partial charge is 0.256 e. The van der Waals surface area contributed by atoms with E-state index in [0.29, 0.717) is 16.5 Å². The van der Waals surface area contributed by atoms with Gasteiger partial charge in [0.05, 0.1) is 12.8 Å². The molecule has 0 aromatic heterocycles. The number of amides is 1. The normalized spacial score (nSPS) is 26.4.